The van der Waals surface area contributed by atoms with E-state index in [0.29, 0.717) is 23.9 Å². The van der Waals surface area contributed by atoms with Crippen molar-refractivity contribution in [1.82, 2.24) is 5.32 Å². The van der Waals surface area contributed by atoms with E-state index in [1.54, 1.807) is 0 Å². The molecule has 2 N–H and O–H groups in total. The zero-order valence-electron chi connectivity index (χ0n) is 53.9. The summed E-state index contributed by atoms with van der Waals surface area (Å²) in [5, 5.41) is 3.07. The number of esters is 1. The molecular formula is C69H138N2O7P+. The standard InChI is InChI=1S/C69H137N2O7P/c1-7-10-13-16-19-22-25-27-29-31-33-34-35-36-38-40-42-44-47-50-53-56-59-62-69(73)78-67(60-57-54-51-48-45-24-21-18-15-12-9-3)66(65-77-79(74,75)76-64-63-71(4,5)6)70-68(72)61-58-55-52-49-46-43-41-39-37-32-30-28-26-23-20-17-14-11-8-2/h57,60,66-67H,7-56,58-59,61-65H2,1-6H3,(H-,70,72,74,75)/p+1/b60-57+. The third kappa shape index (κ3) is 61.1. The number of amides is 1. The van der Waals surface area contributed by atoms with Crippen LogP contribution in [-0.4, -0.2) is 74.3 Å². The van der Waals surface area contributed by atoms with Crippen LogP contribution in [0.3, 0.4) is 0 Å². The summed E-state index contributed by atoms with van der Waals surface area (Å²) >= 11 is 0. The molecule has 0 aromatic heterocycles. The molecule has 0 rings (SSSR count). The summed E-state index contributed by atoms with van der Waals surface area (Å²) in [6.45, 7) is 7.08. The molecule has 0 aliphatic rings. The van der Waals surface area contributed by atoms with Gasteiger partial charge in [-0.25, -0.2) is 4.57 Å². The Balaban J connectivity index is 5.00. The number of allylic oxidation sites excluding steroid dienone is 1. The highest BCUT2D eigenvalue weighted by Crippen LogP contribution is 2.43. The van der Waals surface area contributed by atoms with Crippen molar-refractivity contribution < 1.29 is 37.3 Å². The van der Waals surface area contributed by atoms with Gasteiger partial charge < -0.3 is 19.4 Å². The van der Waals surface area contributed by atoms with Gasteiger partial charge in [-0.05, 0) is 31.8 Å². The summed E-state index contributed by atoms with van der Waals surface area (Å²) in [4.78, 5) is 37.8. The molecule has 0 aliphatic heterocycles. The Morgan fingerprint density at radius 1 is 0.430 bits per heavy atom. The molecule has 470 valence electrons. The fourth-order valence-corrected chi connectivity index (χ4v) is 11.6. The van der Waals surface area contributed by atoms with E-state index >= 15 is 0 Å². The van der Waals surface area contributed by atoms with Crippen LogP contribution >= 0.6 is 7.82 Å². The lowest BCUT2D eigenvalue weighted by Crippen LogP contribution is -2.47. The quantitative estimate of drug-likeness (QED) is 0.0205. The summed E-state index contributed by atoms with van der Waals surface area (Å²) in [6.07, 6.45) is 70.8. The highest BCUT2D eigenvalue weighted by Gasteiger charge is 2.30. The number of phosphoric ester groups is 1. The minimum atomic E-state index is -4.44. The molecule has 9 nitrogen and oxygen atoms in total. The third-order valence-corrected chi connectivity index (χ3v) is 17.2. The monoisotopic (exact) mass is 1140 g/mol. The van der Waals surface area contributed by atoms with Crippen LogP contribution < -0.4 is 5.32 Å². The van der Waals surface area contributed by atoms with Gasteiger partial charge in [0.25, 0.3) is 0 Å². The molecule has 0 fully saturated rings. The predicted octanol–water partition coefficient (Wildman–Crippen LogP) is 21.9. The zero-order chi connectivity index (χ0) is 57.9. The Morgan fingerprint density at radius 2 is 0.722 bits per heavy atom. The van der Waals surface area contributed by atoms with Crippen LogP contribution in [0.2, 0.25) is 0 Å². The average Bonchev–Trinajstić information content (AvgIpc) is 3.41. The van der Waals surface area contributed by atoms with Crippen molar-refractivity contribution in [2.24, 2.45) is 0 Å². The molecule has 1 amide bonds. The maximum atomic E-state index is 13.6. The van der Waals surface area contributed by atoms with Gasteiger partial charge in [0.05, 0.1) is 33.8 Å². The first kappa shape index (κ1) is 77.8. The molecule has 0 aliphatic carbocycles. The van der Waals surface area contributed by atoms with Gasteiger partial charge >= 0.3 is 13.8 Å². The van der Waals surface area contributed by atoms with E-state index in [2.05, 4.69) is 26.1 Å². The van der Waals surface area contributed by atoms with Crippen molar-refractivity contribution in [1.29, 1.82) is 0 Å². The normalized spacial score (nSPS) is 13.6. The molecule has 0 heterocycles. The van der Waals surface area contributed by atoms with Crippen LogP contribution in [0, 0.1) is 0 Å². The summed E-state index contributed by atoms with van der Waals surface area (Å²) in [5.74, 6) is -0.479. The van der Waals surface area contributed by atoms with E-state index in [1.807, 2.05) is 33.3 Å². The largest absolute Gasteiger partial charge is 0.472 e. The maximum Gasteiger partial charge on any atom is 0.472 e. The molecule has 0 aromatic rings. The SMILES string of the molecule is CCCCCCCCCCC/C=C/C(OC(=O)CCCCCCCCCCCCCCCCCCCCCCCCC)C(COP(=O)(O)OCC[N+](C)(C)C)NC(=O)CCCCCCCCCCCCCCCCCCCCC. The van der Waals surface area contributed by atoms with Gasteiger partial charge in [0.2, 0.25) is 5.91 Å². The van der Waals surface area contributed by atoms with Crippen LogP contribution in [0.4, 0.5) is 0 Å². The number of ether oxygens (including phenoxy) is 1. The molecule has 0 spiro atoms. The summed E-state index contributed by atoms with van der Waals surface area (Å²) in [5.41, 5.74) is 0. The lowest BCUT2D eigenvalue weighted by Gasteiger charge is -2.27. The van der Waals surface area contributed by atoms with Crippen LogP contribution in [0.25, 0.3) is 0 Å². The molecular weight excluding hydrogens is 1000 g/mol. The molecule has 0 saturated heterocycles. The third-order valence-electron chi connectivity index (χ3n) is 16.2. The molecule has 10 heteroatoms. The lowest BCUT2D eigenvalue weighted by atomic mass is 10.0. The number of hydrogen-bond acceptors (Lipinski definition) is 6. The van der Waals surface area contributed by atoms with E-state index < -0.39 is 20.0 Å². The Hall–Kier alpha value is -1.25. The number of phosphoric acid groups is 1. The van der Waals surface area contributed by atoms with Crippen LogP contribution in [-0.2, 0) is 27.9 Å². The van der Waals surface area contributed by atoms with Crippen molar-refractivity contribution in [2.75, 3.05) is 40.9 Å². The number of carbonyl (C=O) groups excluding carboxylic acids is 2. The predicted molar refractivity (Wildman–Crippen MR) is 342 cm³/mol. The van der Waals surface area contributed by atoms with E-state index in [9.17, 15) is 19.0 Å². The van der Waals surface area contributed by atoms with E-state index in [1.165, 1.54) is 276 Å². The fourth-order valence-electron chi connectivity index (χ4n) is 10.8. The van der Waals surface area contributed by atoms with Gasteiger partial charge in [-0.3, -0.25) is 18.6 Å². The van der Waals surface area contributed by atoms with Gasteiger partial charge in [-0.2, -0.15) is 0 Å². The summed E-state index contributed by atoms with van der Waals surface area (Å²) < 4.78 is 30.8. The van der Waals surface area contributed by atoms with Crippen molar-refractivity contribution in [3.05, 3.63) is 12.2 Å². The minimum absolute atomic E-state index is 0.0460. The van der Waals surface area contributed by atoms with E-state index in [0.717, 1.165) is 57.8 Å². The lowest BCUT2D eigenvalue weighted by molar-refractivity contribution is -0.870. The Bertz CT molecular complexity index is 1360. The number of carbonyl (C=O) groups is 2. The summed E-state index contributed by atoms with van der Waals surface area (Å²) in [6, 6.07) is -0.840. The van der Waals surface area contributed by atoms with E-state index in [-0.39, 0.29) is 25.1 Å². The Labute approximate surface area is 492 Å². The number of nitrogens with zero attached hydrogens (tertiary/aromatic N) is 1. The van der Waals surface area contributed by atoms with Crippen molar-refractivity contribution in [2.45, 2.75) is 380 Å². The van der Waals surface area contributed by atoms with Gasteiger partial charge in [0, 0.05) is 12.8 Å². The van der Waals surface area contributed by atoms with Crippen molar-refractivity contribution >= 4 is 19.7 Å². The zero-order valence-corrected chi connectivity index (χ0v) is 54.8. The number of nitrogens with one attached hydrogen (secondary N) is 1. The van der Waals surface area contributed by atoms with Gasteiger partial charge in [0.1, 0.15) is 19.3 Å². The molecule has 0 radical (unpaired) electrons. The first-order chi connectivity index (χ1) is 38.4. The van der Waals surface area contributed by atoms with Gasteiger partial charge in [0.15, 0.2) is 0 Å². The minimum Gasteiger partial charge on any atom is -0.456 e. The van der Waals surface area contributed by atoms with Crippen LogP contribution in [0.15, 0.2) is 12.2 Å². The second-order valence-corrected chi connectivity index (χ2v) is 26.9. The second-order valence-electron chi connectivity index (χ2n) is 25.4. The first-order valence-electron chi connectivity index (χ1n) is 35.0. The molecule has 3 atom stereocenters. The molecule has 0 saturated carbocycles. The number of unbranched alkanes of at least 4 members (excludes halogenated alkanes) is 49. The highest BCUT2D eigenvalue weighted by molar-refractivity contribution is 7.47. The molecule has 0 bridgehead atoms. The fraction of sp³-hybridized carbons (Fsp3) is 0.942. The van der Waals surface area contributed by atoms with E-state index in [4.69, 9.17) is 13.8 Å². The Morgan fingerprint density at radius 3 is 1.04 bits per heavy atom. The molecule has 0 aromatic carbocycles. The number of hydrogen-bond donors (Lipinski definition) is 2. The summed E-state index contributed by atoms with van der Waals surface area (Å²) in [7, 11) is 1.52. The van der Waals surface area contributed by atoms with Crippen molar-refractivity contribution in [3.8, 4) is 0 Å². The number of rotatable bonds is 65. The van der Waals surface area contributed by atoms with Crippen LogP contribution in [0.5, 0.6) is 0 Å². The topological polar surface area (TPSA) is 111 Å². The average molecular weight is 1140 g/mol. The first-order valence-corrected chi connectivity index (χ1v) is 36.5. The maximum absolute atomic E-state index is 13.6. The number of quaternary nitrogens is 1. The molecule has 79 heavy (non-hydrogen) atoms. The second kappa shape index (κ2) is 59.9. The molecule has 3 unspecified atom stereocenters. The van der Waals surface area contributed by atoms with Gasteiger partial charge in [-0.1, -0.05) is 335 Å². The Kier molecular flexibility index (Phi) is 58.9. The van der Waals surface area contributed by atoms with Crippen LogP contribution in [0.1, 0.15) is 367 Å². The highest BCUT2D eigenvalue weighted by atomic mass is 31.2. The van der Waals surface area contributed by atoms with Crippen molar-refractivity contribution in [3.63, 3.8) is 0 Å². The number of likely N-dealkylation sites (N-methyl/N-ethyl adjacent to an activating group) is 1. The van der Waals surface area contributed by atoms with Gasteiger partial charge in [-0.15, -0.1) is 0 Å². The smallest absolute Gasteiger partial charge is 0.456 e.